The molecule has 2 aliphatic rings. The van der Waals surface area contributed by atoms with E-state index >= 15 is 0 Å². The van der Waals surface area contributed by atoms with Gasteiger partial charge in [-0.3, -0.25) is 4.90 Å². The Labute approximate surface area is 123 Å². The third-order valence-electron chi connectivity index (χ3n) is 4.62. The van der Waals surface area contributed by atoms with Gasteiger partial charge in [0.15, 0.2) is 0 Å². The molecule has 1 aromatic rings. The lowest BCUT2D eigenvalue weighted by Crippen LogP contribution is -2.69. The number of nitrogens with zero attached hydrogens (tertiary/aromatic N) is 1. The standard InChI is InChI=1S/C16H19NO4/c18-14(19)13-10-16(8-4-5-9-16)17(13)15(20)21-11-12-6-2-1-3-7-12/h1-3,6-7,13H,4-5,8-11H2,(H,18,19). The molecule has 1 saturated heterocycles. The van der Waals surface area contributed by atoms with E-state index in [0.717, 1.165) is 31.2 Å². The molecule has 1 heterocycles. The maximum absolute atomic E-state index is 12.3. The highest BCUT2D eigenvalue weighted by molar-refractivity contribution is 5.83. The van der Waals surface area contributed by atoms with E-state index in [2.05, 4.69) is 0 Å². The Balaban J connectivity index is 1.67. The number of rotatable bonds is 3. The van der Waals surface area contributed by atoms with Crippen LogP contribution in [0.4, 0.5) is 4.79 Å². The number of ether oxygens (including phenoxy) is 1. The van der Waals surface area contributed by atoms with Crippen molar-refractivity contribution in [1.29, 1.82) is 0 Å². The first-order chi connectivity index (χ1) is 10.1. The summed E-state index contributed by atoms with van der Waals surface area (Å²) in [6.07, 6.45) is 3.93. The van der Waals surface area contributed by atoms with Crippen molar-refractivity contribution in [1.82, 2.24) is 4.90 Å². The Morgan fingerprint density at radius 2 is 1.90 bits per heavy atom. The molecule has 21 heavy (non-hydrogen) atoms. The van der Waals surface area contributed by atoms with Crippen LogP contribution in [-0.2, 0) is 16.1 Å². The van der Waals surface area contributed by atoms with Crippen LogP contribution in [0, 0.1) is 0 Å². The highest BCUT2D eigenvalue weighted by Gasteiger charge is 2.58. The second-order valence-electron chi connectivity index (χ2n) is 5.90. The Morgan fingerprint density at radius 1 is 1.24 bits per heavy atom. The molecule has 1 atom stereocenters. The number of carboxylic acid groups (broad SMARTS) is 1. The van der Waals surface area contributed by atoms with Gasteiger partial charge in [-0.2, -0.15) is 0 Å². The average Bonchev–Trinajstić information content (AvgIpc) is 2.95. The predicted molar refractivity (Wildman–Crippen MR) is 75.7 cm³/mol. The first-order valence-electron chi connectivity index (χ1n) is 7.35. The predicted octanol–water partition coefficient (Wildman–Crippen LogP) is 2.79. The molecule has 0 radical (unpaired) electrons. The van der Waals surface area contributed by atoms with E-state index in [0.29, 0.717) is 6.42 Å². The minimum absolute atomic E-state index is 0.179. The maximum Gasteiger partial charge on any atom is 0.411 e. The van der Waals surface area contributed by atoms with Crippen molar-refractivity contribution < 1.29 is 19.4 Å². The van der Waals surface area contributed by atoms with Gasteiger partial charge >= 0.3 is 12.1 Å². The SMILES string of the molecule is O=C(O)C1CC2(CCCC2)N1C(=O)OCc1ccccc1. The second kappa shape index (κ2) is 5.39. The van der Waals surface area contributed by atoms with Crippen molar-refractivity contribution in [2.24, 2.45) is 0 Å². The van der Waals surface area contributed by atoms with Crippen LogP contribution < -0.4 is 0 Å². The van der Waals surface area contributed by atoms with E-state index in [1.165, 1.54) is 4.90 Å². The Kier molecular flexibility index (Phi) is 3.57. The lowest BCUT2D eigenvalue weighted by molar-refractivity contribution is -0.157. The van der Waals surface area contributed by atoms with Gasteiger partial charge in [0.25, 0.3) is 0 Å². The molecule has 2 fully saturated rings. The van der Waals surface area contributed by atoms with Crippen molar-refractivity contribution in [3.8, 4) is 0 Å². The molecule has 1 aromatic carbocycles. The molecule has 1 unspecified atom stereocenters. The highest BCUT2D eigenvalue weighted by atomic mass is 16.6. The molecular formula is C16H19NO4. The van der Waals surface area contributed by atoms with Crippen molar-refractivity contribution in [3.05, 3.63) is 35.9 Å². The molecule has 0 aromatic heterocycles. The van der Waals surface area contributed by atoms with Gasteiger partial charge in [-0.15, -0.1) is 0 Å². The minimum atomic E-state index is -0.941. The molecule has 5 nitrogen and oxygen atoms in total. The summed E-state index contributed by atoms with van der Waals surface area (Å²) in [5.41, 5.74) is 0.635. The normalized spacial score (nSPS) is 22.9. The second-order valence-corrected chi connectivity index (χ2v) is 5.90. The summed E-state index contributed by atoms with van der Waals surface area (Å²) < 4.78 is 5.32. The quantitative estimate of drug-likeness (QED) is 0.929. The van der Waals surface area contributed by atoms with E-state index in [-0.39, 0.29) is 12.1 Å². The fourth-order valence-electron chi connectivity index (χ4n) is 3.55. The first kappa shape index (κ1) is 13.9. The Morgan fingerprint density at radius 3 is 2.52 bits per heavy atom. The molecule has 1 amide bonds. The van der Waals surface area contributed by atoms with Gasteiger partial charge in [0, 0.05) is 12.0 Å². The molecule has 1 aliphatic carbocycles. The van der Waals surface area contributed by atoms with Gasteiger partial charge in [0.2, 0.25) is 0 Å². The van der Waals surface area contributed by atoms with Crippen LogP contribution in [0.1, 0.15) is 37.7 Å². The number of carbonyl (C=O) groups is 2. The van der Waals surface area contributed by atoms with Gasteiger partial charge in [-0.05, 0) is 18.4 Å². The Bertz CT molecular complexity index is 536. The zero-order valence-corrected chi connectivity index (χ0v) is 11.8. The average molecular weight is 289 g/mol. The Hall–Kier alpha value is -2.04. The molecule has 5 heteroatoms. The van der Waals surface area contributed by atoms with E-state index in [4.69, 9.17) is 4.74 Å². The molecule has 1 saturated carbocycles. The van der Waals surface area contributed by atoms with Gasteiger partial charge in [-0.1, -0.05) is 43.2 Å². The summed E-state index contributed by atoms with van der Waals surface area (Å²) in [6, 6.07) is 8.68. The van der Waals surface area contributed by atoms with Crippen LogP contribution in [0.5, 0.6) is 0 Å². The summed E-state index contributed by atoms with van der Waals surface area (Å²) in [5.74, 6) is -0.941. The van der Waals surface area contributed by atoms with Crippen LogP contribution >= 0.6 is 0 Å². The van der Waals surface area contributed by atoms with E-state index in [1.807, 2.05) is 30.3 Å². The number of aliphatic carboxylic acids is 1. The van der Waals surface area contributed by atoms with Gasteiger partial charge in [-0.25, -0.2) is 9.59 Å². The van der Waals surface area contributed by atoms with Crippen LogP contribution in [0.15, 0.2) is 30.3 Å². The lowest BCUT2D eigenvalue weighted by atomic mass is 9.77. The van der Waals surface area contributed by atoms with Gasteiger partial charge in [0.05, 0.1) is 0 Å². The molecule has 1 N–H and O–H groups in total. The number of amides is 1. The molecular weight excluding hydrogens is 270 g/mol. The number of hydrogen-bond donors (Lipinski definition) is 1. The van der Waals surface area contributed by atoms with E-state index in [1.54, 1.807) is 0 Å². The van der Waals surface area contributed by atoms with Crippen molar-refractivity contribution in [2.75, 3.05) is 0 Å². The zero-order valence-electron chi connectivity index (χ0n) is 11.8. The molecule has 1 spiro atoms. The van der Waals surface area contributed by atoms with Crippen LogP contribution in [0.25, 0.3) is 0 Å². The van der Waals surface area contributed by atoms with Crippen LogP contribution in [0.3, 0.4) is 0 Å². The summed E-state index contributed by atoms with van der Waals surface area (Å²) in [7, 11) is 0. The molecule has 0 bridgehead atoms. The minimum Gasteiger partial charge on any atom is -0.480 e. The third-order valence-corrected chi connectivity index (χ3v) is 4.62. The summed E-state index contributed by atoms with van der Waals surface area (Å²) in [4.78, 5) is 25.0. The number of likely N-dealkylation sites (tertiary alicyclic amines) is 1. The van der Waals surface area contributed by atoms with Gasteiger partial charge < -0.3 is 9.84 Å². The number of carboxylic acids is 1. The smallest absolute Gasteiger partial charge is 0.411 e. The first-order valence-corrected chi connectivity index (χ1v) is 7.35. The summed E-state index contributed by atoms with van der Waals surface area (Å²) >= 11 is 0. The van der Waals surface area contributed by atoms with Gasteiger partial charge in [0.1, 0.15) is 12.6 Å². The monoisotopic (exact) mass is 289 g/mol. The van der Waals surface area contributed by atoms with Crippen molar-refractivity contribution in [3.63, 3.8) is 0 Å². The topological polar surface area (TPSA) is 66.8 Å². The fraction of sp³-hybridized carbons (Fsp3) is 0.500. The maximum atomic E-state index is 12.3. The lowest BCUT2D eigenvalue weighted by Gasteiger charge is -2.54. The van der Waals surface area contributed by atoms with Crippen LogP contribution in [0.2, 0.25) is 0 Å². The van der Waals surface area contributed by atoms with E-state index in [9.17, 15) is 14.7 Å². The van der Waals surface area contributed by atoms with E-state index < -0.39 is 18.1 Å². The highest BCUT2D eigenvalue weighted by Crippen LogP contribution is 2.48. The summed E-state index contributed by atoms with van der Waals surface area (Å²) in [5, 5.41) is 9.23. The molecule has 3 rings (SSSR count). The number of carbonyl (C=O) groups excluding carboxylic acids is 1. The molecule has 1 aliphatic heterocycles. The molecule has 112 valence electrons. The zero-order chi connectivity index (χ0) is 14.9. The number of benzene rings is 1. The largest absolute Gasteiger partial charge is 0.480 e. The van der Waals surface area contributed by atoms with Crippen LogP contribution in [-0.4, -0.2) is 33.6 Å². The number of hydrogen-bond acceptors (Lipinski definition) is 3. The van der Waals surface area contributed by atoms with Crippen molar-refractivity contribution in [2.45, 2.75) is 50.3 Å². The fourth-order valence-corrected chi connectivity index (χ4v) is 3.55. The third kappa shape index (κ3) is 2.48. The summed E-state index contributed by atoms with van der Waals surface area (Å²) in [6.45, 7) is 0.179. The van der Waals surface area contributed by atoms with Crippen molar-refractivity contribution >= 4 is 12.1 Å².